The maximum atomic E-state index is 12.2. The van der Waals surface area contributed by atoms with E-state index in [4.69, 9.17) is 16.3 Å². The second kappa shape index (κ2) is 6.93. The molecule has 0 aliphatic rings. The lowest BCUT2D eigenvalue weighted by Crippen LogP contribution is -2.47. The van der Waals surface area contributed by atoms with Gasteiger partial charge < -0.3 is 14.7 Å². The number of hydrogen-bond donors (Lipinski definition) is 2. The minimum atomic E-state index is -3.75. The first-order valence-electron chi connectivity index (χ1n) is 6.28. The van der Waals surface area contributed by atoms with Gasteiger partial charge in [-0.15, -0.1) is 0 Å². The van der Waals surface area contributed by atoms with Crippen molar-refractivity contribution in [2.75, 3.05) is 34.3 Å². The van der Waals surface area contributed by atoms with Crippen molar-refractivity contribution in [3.8, 4) is 5.75 Å². The monoisotopic (exact) mass is 336 g/mol. The number of aliphatic hydroxyl groups is 1. The van der Waals surface area contributed by atoms with Gasteiger partial charge in [0.1, 0.15) is 5.75 Å². The van der Waals surface area contributed by atoms with Crippen LogP contribution in [-0.4, -0.2) is 58.3 Å². The fourth-order valence-corrected chi connectivity index (χ4v) is 3.40. The molecule has 0 aliphatic carbocycles. The van der Waals surface area contributed by atoms with Gasteiger partial charge in [-0.3, -0.25) is 0 Å². The minimum absolute atomic E-state index is 0.0222. The smallest absolute Gasteiger partial charge is 0.240 e. The van der Waals surface area contributed by atoms with Crippen LogP contribution in [0.3, 0.4) is 0 Å². The van der Waals surface area contributed by atoms with Crippen LogP contribution in [0.2, 0.25) is 5.02 Å². The van der Waals surface area contributed by atoms with Gasteiger partial charge in [0, 0.05) is 13.1 Å². The van der Waals surface area contributed by atoms with Gasteiger partial charge in [0.05, 0.1) is 22.6 Å². The molecule has 0 spiro atoms. The summed E-state index contributed by atoms with van der Waals surface area (Å²) < 4.78 is 31.7. The molecule has 1 unspecified atom stereocenters. The van der Waals surface area contributed by atoms with E-state index in [1.54, 1.807) is 25.9 Å². The van der Waals surface area contributed by atoms with Crippen LogP contribution in [0.25, 0.3) is 0 Å². The summed E-state index contributed by atoms with van der Waals surface area (Å²) in [5.74, 6) is 0.398. The Hall–Kier alpha value is -0.860. The van der Waals surface area contributed by atoms with Crippen LogP contribution >= 0.6 is 11.6 Å². The molecule has 120 valence electrons. The summed E-state index contributed by atoms with van der Waals surface area (Å²) in [4.78, 5) is 1.80. The van der Waals surface area contributed by atoms with E-state index in [9.17, 15) is 13.5 Å². The van der Waals surface area contributed by atoms with Crippen molar-refractivity contribution in [3.05, 3.63) is 23.2 Å². The summed E-state index contributed by atoms with van der Waals surface area (Å²) >= 11 is 5.92. The fraction of sp³-hybridized carbons (Fsp3) is 0.538. The van der Waals surface area contributed by atoms with Crippen LogP contribution in [0.4, 0.5) is 0 Å². The summed E-state index contributed by atoms with van der Waals surface area (Å²) in [6.45, 7) is 1.80. The molecular formula is C13H21ClN2O4S. The van der Waals surface area contributed by atoms with Gasteiger partial charge in [0.15, 0.2) is 0 Å². The first kappa shape index (κ1) is 18.2. The van der Waals surface area contributed by atoms with Crippen molar-refractivity contribution >= 4 is 21.6 Å². The highest BCUT2D eigenvalue weighted by atomic mass is 35.5. The molecule has 6 nitrogen and oxygen atoms in total. The van der Waals surface area contributed by atoms with Gasteiger partial charge in [-0.1, -0.05) is 11.6 Å². The van der Waals surface area contributed by atoms with Crippen LogP contribution in [-0.2, 0) is 10.0 Å². The molecule has 0 aliphatic heterocycles. The number of nitrogens with one attached hydrogen (secondary N) is 1. The third-order valence-corrected chi connectivity index (χ3v) is 4.43. The quantitative estimate of drug-likeness (QED) is 0.774. The maximum absolute atomic E-state index is 12.2. The van der Waals surface area contributed by atoms with Crippen molar-refractivity contribution < 1.29 is 18.3 Å². The Morgan fingerprint density at radius 3 is 2.52 bits per heavy atom. The average Bonchev–Trinajstić information content (AvgIpc) is 2.35. The van der Waals surface area contributed by atoms with Gasteiger partial charge in [-0.2, -0.15) is 0 Å². The summed E-state index contributed by atoms with van der Waals surface area (Å²) in [5.41, 5.74) is -1.17. The number of sulfonamides is 1. The number of halogens is 1. The second-order valence-electron chi connectivity index (χ2n) is 5.36. The predicted molar refractivity (Wildman–Crippen MR) is 82.4 cm³/mol. The van der Waals surface area contributed by atoms with Crippen molar-refractivity contribution in [3.63, 3.8) is 0 Å². The van der Waals surface area contributed by atoms with Gasteiger partial charge in [0.2, 0.25) is 10.0 Å². The van der Waals surface area contributed by atoms with Gasteiger partial charge in [-0.05, 0) is 39.2 Å². The molecule has 2 N–H and O–H groups in total. The highest BCUT2D eigenvalue weighted by Crippen LogP contribution is 2.26. The number of nitrogens with zero attached hydrogens (tertiary/aromatic N) is 1. The molecule has 21 heavy (non-hydrogen) atoms. The van der Waals surface area contributed by atoms with E-state index in [-0.39, 0.29) is 16.5 Å². The molecule has 0 fully saturated rings. The fourth-order valence-electron chi connectivity index (χ4n) is 1.89. The second-order valence-corrected chi connectivity index (χ2v) is 7.53. The third-order valence-electron chi connectivity index (χ3n) is 2.73. The van der Waals surface area contributed by atoms with Gasteiger partial charge >= 0.3 is 0 Å². The molecule has 0 aromatic heterocycles. The molecule has 0 saturated heterocycles. The zero-order chi connectivity index (χ0) is 16.3. The number of likely N-dealkylation sites (N-methyl/N-ethyl adjacent to an activating group) is 1. The molecule has 0 amide bonds. The average molecular weight is 337 g/mol. The Balaban J connectivity index is 2.85. The van der Waals surface area contributed by atoms with Gasteiger partial charge in [-0.25, -0.2) is 13.1 Å². The van der Waals surface area contributed by atoms with Crippen molar-refractivity contribution in [2.45, 2.75) is 17.4 Å². The zero-order valence-corrected chi connectivity index (χ0v) is 14.1. The van der Waals surface area contributed by atoms with Crippen LogP contribution in [0.1, 0.15) is 6.92 Å². The first-order valence-corrected chi connectivity index (χ1v) is 8.14. The lowest BCUT2D eigenvalue weighted by atomic mass is 10.1. The molecule has 1 rings (SSSR count). The van der Waals surface area contributed by atoms with E-state index in [0.29, 0.717) is 12.3 Å². The van der Waals surface area contributed by atoms with Crippen molar-refractivity contribution in [2.24, 2.45) is 0 Å². The summed E-state index contributed by atoms with van der Waals surface area (Å²) in [6, 6.07) is 4.19. The zero-order valence-electron chi connectivity index (χ0n) is 12.6. The molecule has 1 aromatic rings. The lowest BCUT2D eigenvalue weighted by Gasteiger charge is -2.27. The van der Waals surface area contributed by atoms with Crippen molar-refractivity contribution in [1.82, 2.24) is 9.62 Å². The van der Waals surface area contributed by atoms with E-state index in [1.165, 1.54) is 25.3 Å². The molecular weight excluding hydrogens is 316 g/mol. The highest BCUT2D eigenvalue weighted by molar-refractivity contribution is 7.89. The summed E-state index contributed by atoms with van der Waals surface area (Å²) in [6.07, 6.45) is 0. The predicted octanol–water partition coefficient (Wildman–Crippen LogP) is 0.939. The maximum Gasteiger partial charge on any atom is 0.240 e. The molecule has 0 heterocycles. The number of methoxy groups -OCH3 is 1. The van der Waals surface area contributed by atoms with Gasteiger partial charge in [0.25, 0.3) is 0 Å². The van der Waals surface area contributed by atoms with E-state index < -0.39 is 15.6 Å². The van der Waals surface area contributed by atoms with Crippen LogP contribution < -0.4 is 9.46 Å². The van der Waals surface area contributed by atoms with Crippen LogP contribution in [0.5, 0.6) is 5.75 Å². The Kier molecular flexibility index (Phi) is 6.01. The van der Waals surface area contributed by atoms with E-state index in [0.717, 1.165) is 0 Å². The summed E-state index contributed by atoms with van der Waals surface area (Å²) in [7, 11) is 1.30. The summed E-state index contributed by atoms with van der Waals surface area (Å²) in [5, 5.41) is 10.3. The largest absolute Gasteiger partial charge is 0.495 e. The number of ether oxygens (including phenoxy) is 1. The van der Waals surface area contributed by atoms with E-state index >= 15 is 0 Å². The number of benzene rings is 1. The van der Waals surface area contributed by atoms with Crippen LogP contribution in [0.15, 0.2) is 23.1 Å². The molecule has 0 radical (unpaired) electrons. The topological polar surface area (TPSA) is 78.9 Å². The first-order chi connectivity index (χ1) is 9.57. The SMILES string of the molecule is COc1ccc(S(=O)(=O)NCC(C)(O)CN(C)C)cc1Cl. The molecule has 0 saturated carbocycles. The van der Waals surface area contributed by atoms with E-state index in [1.807, 2.05) is 0 Å². The standard InChI is InChI=1S/C13H21ClN2O4S/c1-13(17,9-16(2)3)8-15-21(18,19)10-5-6-12(20-4)11(14)7-10/h5-7,15,17H,8-9H2,1-4H3. The van der Waals surface area contributed by atoms with Crippen LogP contribution in [0, 0.1) is 0 Å². The van der Waals surface area contributed by atoms with Crippen molar-refractivity contribution in [1.29, 1.82) is 0 Å². The minimum Gasteiger partial charge on any atom is -0.495 e. The normalized spacial score (nSPS) is 15.0. The highest BCUT2D eigenvalue weighted by Gasteiger charge is 2.25. The molecule has 8 heteroatoms. The Bertz CT molecular complexity index is 588. The third kappa shape index (κ3) is 5.44. The van der Waals surface area contributed by atoms with E-state index in [2.05, 4.69) is 4.72 Å². The Morgan fingerprint density at radius 2 is 2.05 bits per heavy atom. The number of rotatable bonds is 7. The Labute approximate surface area is 130 Å². The molecule has 1 atom stereocenters. The number of hydrogen-bond acceptors (Lipinski definition) is 5. The lowest BCUT2D eigenvalue weighted by molar-refractivity contribution is 0.0386. The Morgan fingerprint density at radius 1 is 1.43 bits per heavy atom. The molecule has 1 aromatic carbocycles. The molecule has 0 bridgehead atoms.